The van der Waals surface area contributed by atoms with Gasteiger partial charge in [-0.3, -0.25) is 4.79 Å². The van der Waals surface area contributed by atoms with Crippen LogP contribution in [0.4, 0.5) is 0 Å². The van der Waals surface area contributed by atoms with E-state index in [1.807, 2.05) is 13.0 Å². The fraction of sp³-hybridized carbons (Fsp3) is 0.429. The zero-order chi connectivity index (χ0) is 19.1. The molecule has 1 aliphatic carbocycles. The molecule has 0 radical (unpaired) electrons. The third-order valence-corrected chi connectivity index (χ3v) is 4.94. The van der Waals surface area contributed by atoms with E-state index in [-0.39, 0.29) is 23.6 Å². The molecular weight excluding hydrogens is 330 g/mol. The van der Waals surface area contributed by atoms with Gasteiger partial charge in [-0.1, -0.05) is 26.0 Å². The van der Waals surface area contributed by atoms with Crippen LogP contribution in [-0.2, 0) is 14.3 Å². The molecule has 2 N–H and O–H groups in total. The van der Waals surface area contributed by atoms with E-state index in [1.165, 1.54) is 0 Å². The molecule has 2 aliphatic rings. The molecule has 1 aliphatic heterocycles. The fourth-order valence-electron chi connectivity index (χ4n) is 3.95. The Morgan fingerprint density at radius 1 is 1.35 bits per heavy atom. The maximum atomic E-state index is 13.0. The van der Waals surface area contributed by atoms with Crippen LogP contribution >= 0.6 is 0 Å². The summed E-state index contributed by atoms with van der Waals surface area (Å²) in [5, 5.41) is 13.2. The van der Waals surface area contributed by atoms with E-state index < -0.39 is 11.9 Å². The Balaban J connectivity index is 2.18. The van der Waals surface area contributed by atoms with Gasteiger partial charge < -0.3 is 15.2 Å². The van der Waals surface area contributed by atoms with Crippen molar-refractivity contribution in [2.24, 2.45) is 5.41 Å². The van der Waals surface area contributed by atoms with Gasteiger partial charge in [-0.15, -0.1) is 0 Å². The van der Waals surface area contributed by atoms with E-state index in [9.17, 15) is 14.7 Å². The lowest BCUT2D eigenvalue weighted by atomic mass is 9.68. The molecule has 5 nitrogen and oxygen atoms in total. The van der Waals surface area contributed by atoms with Gasteiger partial charge in [-0.05, 0) is 43.4 Å². The summed E-state index contributed by atoms with van der Waals surface area (Å²) in [4.78, 5) is 25.7. The van der Waals surface area contributed by atoms with Crippen molar-refractivity contribution in [3.05, 3.63) is 52.4 Å². The third-order valence-electron chi connectivity index (χ3n) is 4.94. The number of hydrogen-bond donors (Lipinski definition) is 2. The summed E-state index contributed by atoms with van der Waals surface area (Å²) in [6.45, 7) is 7.98. The molecule has 0 fully saturated rings. The first-order valence-corrected chi connectivity index (χ1v) is 8.93. The molecule has 0 unspecified atom stereocenters. The second kappa shape index (κ2) is 6.63. The molecule has 1 heterocycles. The molecule has 0 amide bonds. The molecule has 138 valence electrons. The van der Waals surface area contributed by atoms with Crippen LogP contribution in [0.1, 0.15) is 52.0 Å². The molecule has 26 heavy (non-hydrogen) atoms. The lowest BCUT2D eigenvalue weighted by molar-refractivity contribution is -0.138. The molecule has 0 bridgehead atoms. The average Bonchev–Trinajstić information content (AvgIpc) is 2.52. The number of allylic oxidation sites excluding steroid dienone is 3. The standard InChI is InChI=1S/C21H25NO4/c1-5-26-20(25)17-12(2)22-15-10-21(3,4)11-16(24)19(15)18(17)13-7-6-8-14(23)9-13/h6-9,18,22-23H,5,10-11H2,1-4H3/t18-/m1/s1. The second-order valence-corrected chi connectivity index (χ2v) is 7.75. The maximum absolute atomic E-state index is 13.0. The number of phenolic OH excluding ortho intramolecular Hbond substituents is 1. The van der Waals surface area contributed by atoms with E-state index in [2.05, 4.69) is 19.2 Å². The Morgan fingerprint density at radius 2 is 2.08 bits per heavy atom. The van der Waals surface area contributed by atoms with Crippen molar-refractivity contribution in [3.8, 4) is 5.75 Å². The predicted octanol–water partition coefficient (Wildman–Crippen LogP) is 3.56. The molecule has 3 rings (SSSR count). The monoisotopic (exact) mass is 355 g/mol. The van der Waals surface area contributed by atoms with Crippen LogP contribution in [0.5, 0.6) is 5.75 Å². The second-order valence-electron chi connectivity index (χ2n) is 7.75. The van der Waals surface area contributed by atoms with Crippen LogP contribution in [0.2, 0.25) is 0 Å². The van der Waals surface area contributed by atoms with Gasteiger partial charge in [0.05, 0.1) is 12.2 Å². The number of carbonyl (C=O) groups is 2. The van der Waals surface area contributed by atoms with Crippen LogP contribution in [0.25, 0.3) is 0 Å². The number of ether oxygens (including phenoxy) is 1. The van der Waals surface area contributed by atoms with Crippen molar-refractivity contribution in [1.29, 1.82) is 0 Å². The first kappa shape index (κ1) is 18.2. The van der Waals surface area contributed by atoms with E-state index in [0.717, 1.165) is 17.7 Å². The molecule has 1 aromatic carbocycles. The van der Waals surface area contributed by atoms with Crippen molar-refractivity contribution in [1.82, 2.24) is 5.32 Å². The summed E-state index contributed by atoms with van der Waals surface area (Å²) >= 11 is 0. The number of Topliss-reactive ketones (excluding diaryl/α,β-unsaturated/α-hetero) is 1. The number of carbonyl (C=O) groups excluding carboxylic acids is 2. The summed E-state index contributed by atoms with van der Waals surface area (Å²) in [7, 11) is 0. The Bertz CT molecular complexity index is 832. The maximum Gasteiger partial charge on any atom is 0.336 e. The van der Waals surface area contributed by atoms with Gasteiger partial charge in [0.2, 0.25) is 0 Å². The number of benzene rings is 1. The lowest BCUT2D eigenvalue weighted by Gasteiger charge is -2.39. The molecule has 1 aromatic rings. The van der Waals surface area contributed by atoms with Crippen LogP contribution in [0, 0.1) is 5.41 Å². The highest BCUT2D eigenvalue weighted by atomic mass is 16.5. The van der Waals surface area contributed by atoms with Crippen LogP contribution < -0.4 is 5.32 Å². The molecule has 0 spiro atoms. The van der Waals surface area contributed by atoms with Crippen molar-refractivity contribution in [2.75, 3.05) is 6.61 Å². The number of nitrogens with one attached hydrogen (secondary N) is 1. The minimum absolute atomic E-state index is 0.0337. The summed E-state index contributed by atoms with van der Waals surface area (Å²) in [6, 6.07) is 6.74. The third kappa shape index (κ3) is 3.26. The Kier molecular flexibility index (Phi) is 4.65. The van der Waals surface area contributed by atoms with Crippen molar-refractivity contribution in [2.45, 2.75) is 46.5 Å². The van der Waals surface area contributed by atoms with Gasteiger partial charge in [0.25, 0.3) is 0 Å². The number of aromatic hydroxyl groups is 1. The van der Waals surface area contributed by atoms with Gasteiger partial charge in [0.1, 0.15) is 5.75 Å². The topological polar surface area (TPSA) is 75.6 Å². The number of ketones is 1. The fourth-order valence-corrected chi connectivity index (χ4v) is 3.95. The SMILES string of the molecule is CCOC(=O)C1=C(C)NC2=C(C(=O)CC(C)(C)C2)[C@@H]1c1cccc(O)c1. The van der Waals surface area contributed by atoms with E-state index in [4.69, 9.17) is 4.74 Å². The minimum atomic E-state index is -0.527. The highest BCUT2D eigenvalue weighted by molar-refractivity contribution is 6.04. The molecule has 0 aromatic heterocycles. The summed E-state index contributed by atoms with van der Waals surface area (Å²) < 4.78 is 5.26. The molecule has 1 atom stereocenters. The molecule has 5 heteroatoms. The smallest absolute Gasteiger partial charge is 0.336 e. The van der Waals surface area contributed by atoms with E-state index >= 15 is 0 Å². The van der Waals surface area contributed by atoms with Gasteiger partial charge in [0.15, 0.2) is 5.78 Å². The highest BCUT2D eigenvalue weighted by Crippen LogP contribution is 2.47. The number of dihydropyridines is 1. The minimum Gasteiger partial charge on any atom is -0.508 e. The normalized spacial score (nSPS) is 22.0. The lowest BCUT2D eigenvalue weighted by Crippen LogP contribution is -2.38. The van der Waals surface area contributed by atoms with Crippen molar-refractivity contribution < 1.29 is 19.4 Å². The van der Waals surface area contributed by atoms with Gasteiger partial charge in [-0.25, -0.2) is 4.79 Å². The van der Waals surface area contributed by atoms with Crippen LogP contribution in [-0.4, -0.2) is 23.5 Å². The van der Waals surface area contributed by atoms with Gasteiger partial charge >= 0.3 is 5.97 Å². The van der Waals surface area contributed by atoms with Crippen molar-refractivity contribution in [3.63, 3.8) is 0 Å². The number of rotatable bonds is 3. The van der Waals surface area contributed by atoms with Gasteiger partial charge in [0, 0.05) is 29.3 Å². The van der Waals surface area contributed by atoms with Crippen molar-refractivity contribution >= 4 is 11.8 Å². The largest absolute Gasteiger partial charge is 0.508 e. The summed E-state index contributed by atoms with van der Waals surface area (Å²) in [5.74, 6) is -0.824. The number of hydrogen-bond acceptors (Lipinski definition) is 5. The Hall–Kier alpha value is -2.56. The van der Waals surface area contributed by atoms with Crippen LogP contribution in [0.3, 0.4) is 0 Å². The predicted molar refractivity (Wildman–Crippen MR) is 98.4 cm³/mol. The summed E-state index contributed by atoms with van der Waals surface area (Å²) in [6.07, 6.45) is 1.16. The number of esters is 1. The summed E-state index contributed by atoms with van der Waals surface area (Å²) in [5.41, 5.74) is 3.20. The quantitative estimate of drug-likeness (QED) is 0.811. The van der Waals surface area contributed by atoms with E-state index in [0.29, 0.717) is 23.3 Å². The molecule has 0 saturated carbocycles. The number of phenols is 1. The Labute approximate surface area is 153 Å². The first-order chi connectivity index (χ1) is 12.2. The average molecular weight is 355 g/mol. The molecule has 0 saturated heterocycles. The first-order valence-electron chi connectivity index (χ1n) is 8.93. The van der Waals surface area contributed by atoms with Gasteiger partial charge in [-0.2, -0.15) is 0 Å². The van der Waals surface area contributed by atoms with E-state index in [1.54, 1.807) is 25.1 Å². The molecular formula is C21H25NO4. The zero-order valence-corrected chi connectivity index (χ0v) is 15.7. The highest BCUT2D eigenvalue weighted by Gasteiger charge is 2.43. The zero-order valence-electron chi connectivity index (χ0n) is 15.7. The van der Waals surface area contributed by atoms with Crippen LogP contribution in [0.15, 0.2) is 46.8 Å². The Morgan fingerprint density at radius 3 is 2.73 bits per heavy atom.